The van der Waals surface area contributed by atoms with E-state index in [1.165, 1.54) is 54.1 Å². The van der Waals surface area contributed by atoms with Crippen molar-refractivity contribution in [3.8, 4) is 11.1 Å². The van der Waals surface area contributed by atoms with Crippen molar-refractivity contribution < 1.29 is 26.2 Å². The third kappa shape index (κ3) is 6.12. The molecule has 0 aliphatic heterocycles. The van der Waals surface area contributed by atoms with Crippen LogP contribution < -0.4 is 15.9 Å². The van der Waals surface area contributed by atoms with Gasteiger partial charge in [-0.15, -0.1) is 74.9 Å². The number of aryl methyl sites for hydroxylation is 1. The molecule has 0 amide bonds. The number of hydrogen-bond donors (Lipinski definition) is 0. The van der Waals surface area contributed by atoms with E-state index in [-0.39, 0.29) is 26.2 Å². The predicted octanol–water partition coefficient (Wildman–Crippen LogP) is 8.85. The van der Waals surface area contributed by atoms with E-state index < -0.39 is 7.92 Å². The fourth-order valence-corrected chi connectivity index (χ4v) is 7.49. The van der Waals surface area contributed by atoms with Crippen LogP contribution in [0.5, 0.6) is 0 Å². The van der Waals surface area contributed by atoms with Gasteiger partial charge in [0, 0.05) is 0 Å². The quantitative estimate of drug-likeness (QED) is 0.141. The van der Waals surface area contributed by atoms with Gasteiger partial charge in [-0.05, 0) is 24.1 Å². The Balaban J connectivity index is 0.000000161. The Hall–Kier alpha value is -3.37. The van der Waals surface area contributed by atoms with Crippen molar-refractivity contribution in [2.45, 2.75) is 6.92 Å². The molecule has 0 aromatic heterocycles. The fourth-order valence-electron chi connectivity index (χ4n) is 5.12. The van der Waals surface area contributed by atoms with E-state index in [1.54, 1.807) is 0 Å². The summed E-state index contributed by atoms with van der Waals surface area (Å²) in [7, 11) is -0.493. The molecule has 0 unspecified atom stereocenters. The number of rotatable bonds is 4. The molecule has 186 valence electrons. The normalized spacial score (nSPS) is 10.7. The molecular formula is C37H29PZr. The summed E-state index contributed by atoms with van der Waals surface area (Å²) in [5.74, 6) is 0. The Morgan fingerprint density at radius 2 is 1.08 bits per heavy atom. The number of fused-ring (bicyclic) bond motifs is 2. The van der Waals surface area contributed by atoms with Crippen LogP contribution in [0.15, 0.2) is 158 Å². The van der Waals surface area contributed by atoms with Gasteiger partial charge in [-0.2, -0.15) is 12.1 Å². The monoisotopic (exact) mass is 594 g/mol. The van der Waals surface area contributed by atoms with Gasteiger partial charge in [-0.25, -0.2) is 0 Å². The Labute approximate surface area is 251 Å². The van der Waals surface area contributed by atoms with Crippen LogP contribution in [0, 0.1) is 6.92 Å². The maximum atomic E-state index is 2.35. The van der Waals surface area contributed by atoms with Crippen LogP contribution >= 0.6 is 7.92 Å². The zero-order valence-corrected chi connectivity index (χ0v) is 25.3. The first-order valence-electron chi connectivity index (χ1n) is 13.0. The summed E-state index contributed by atoms with van der Waals surface area (Å²) >= 11 is 0. The maximum absolute atomic E-state index is 2.35. The topological polar surface area (TPSA) is 0 Å². The number of hydrogen-bond acceptors (Lipinski definition) is 0. The van der Waals surface area contributed by atoms with Crippen LogP contribution in [0.4, 0.5) is 0 Å². The molecule has 0 saturated heterocycles. The van der Waals surface area contributed by atoms with Crippen molar-refractivity contribution in [3.05, 3.63) is 163 Å². The van der Waals surface area contributed by atoms with E-state index in [4.69, 9.17) is 0 Å². The molecule has 0 spiro atoms. The van der Waals surface area contributed by atoms with Crippen LogP contribution in [0.25, 0.3) is 32.7 Å². The standard InChI is InChI=1S/C21H16P.C16H13.Zr/c1-3-11-19(12-4-1)22(20-13-5-2-6-14-20)21-15-17-9-7-8-10-18(17)16-21;1-12-10-14-8-5-9-15(16(14)11-12)13-6-3-2-4-7-13;/h1-16H;2-11H,1H3;/q2*-1;+2. The van der Waals surface area contributed by atoms with Gasteiger partial charge in [0.1, 0.15) is 0 Å². The van der Waals surface area contributed by atoms with E-state index in [1.807, 2.05) is 0 Å². The molecule has 0 aliphatic rings. The minimum Gasteiger partial charge on any atom is -0.165 e. The van der Waals surface area contributed by atoms with Gasteiger partial charge in [-0.1, -0.05) is 116 Å². The first-order chi connectivity index (χ1) is 18.8. The first-order valence-corrected chi connectivity index (χ1v) is 14.4. The van der Waals surface area contributed by atoms with Crippen LogP contribution in [-0.4, -0.2) is 0 Å². The van der Waals surface area contributed by atoms with Gasteiger partial charge in [0.05, 0.1) is 0 Å². The molecule has 0 radical (unpaired) electrons. The summed E-state index contributed by atoms with van der Waals surface area (Å²) < 4.78 is 0. The average molecular weight is 596 g/mol. The maximum Gasteiger partial charge on any atom is 2.00 e. The smallest absolute Gasteiger partial charge is 0.165 e. The van der Waals surface area contributed by atoms with Crippen molar-refractivity contribution in [1.82, 2.24) is 0 Å². The van der Waals surface area contributed by atoms with E-state index in [9.17, 15) is 0 Å². The summed E-state index contributed by atoms with van der Waals surface area (Å²) in [6.07, 6.45) is 0. The van der Waals surface area contributed by atoms with E-state index in [0.29, 0.717) is 0 Å². The second-order valence-electron chi connectivity index (χ2n) is 9.56. The van der Waals surface area contributed by atoms with Gasteiger partial charge in [0.15, 0.2) is 0 Å². The SMILES string of the molecule is Cc1cc2c(-c3ccccc3)cccc2[cH-]1.[Zr+2].c1ccc(P(c2ccccc2)c2cc3ccccc3[cH-]2)cc1. The zero-order valence-electron chi connectivity index (χ0n) is 22.0. The van der Waals surface area contributed by atoms with Crippen molar-refractivity contribution in [2.75, 3.05) is 0 Å². The molecule has 0 nitrogen and oxygen atoms in total. The first kappa shape index (κ1) is 27.2. The molecule has 2 heteroatoms. The molecule has 0 saturated carbocycles. The van der Waals surface area contributed by atoms with E-state index >= 15 is 0 Å². The Morgan fingerprint density at radius 1 is 0.513 bits per heavy atom. The molecule has 39 heavy (non-hydrogen) atoms. The second-order valence-corrected chi connectivity index (χ2v) is 11.8. The third-order valence-electron chi connectivity index (χ3n) is 6.87. The molecule has 7 aromatic carbocycles. The minimum absolute atomic E-state index is 0. The average Bonchev–Trinajstić information content (AvgIpc) is 3.57. The Bertz CT molecular complexity index is 1690. The largest absolute Gasteiger partial charge is 2.00 e. The third-order valence-corrected chi connectivity index (χ3v) is 9.27. The van der Waals surface area contributed by atoms with Crippen LogP contribution in [-0.2, 0) is 26.2 Å². The summed E-state index contributed by atoms with van der Waals surface area (Å²) in [5, 5.41) is 9.57. The molecule has 0 heterocycles. The van der Waals surface area contributed by atoms with Gasteiger partial charge in [0.2, 0.25) is 0 Å². The summed E-state index contributed by atoms with van der Waals surface area (Å²) in [6, 6.07) is 56.6. The predicted molar refractivity (Wildman–Crippen MR) is 168 cm³/mol. The molecule has 0 aliphatic carbocycles. The van der Waals surface area contributed by atoms with E-state index in [0.717, 1.165) is 0 Å². The van der Waals surface area contributed by atoms with Crippen LogP contribution in [0.2, 0.25) is 0 Å². The Kier molecular flexibility index (Phi) is 8.83. The van der Waals surface area contributed by atoms with Gasteiger partial charge in [0.25, 0.3) is 0 Å². The number of benzene rings is 5. The Morgan fingerprint density at radius 3 is 1.72 bits per heavy atom. The zero-order chi connectivity index (χ0) is 25.7. The summed E-state index contributed by atoms with van der Waals surface area (Å²) in [6.45, 7) is 2.15. The van der Waals surface area contributed by atoms with Crippen molar-refractivity contribution in [3.63, 3.8) is 0 Å². The van der Waals surface area contributed by atoms with Crippen molar-refractivity contribution in [2.24, 2.45) is 0 Å². The van der Waals surface area contributed by atoms with Crippen molar-refractivity contribution >= 4 is 45.4 Å². The molecule has 7 rings (SSSR count). The second kappa shape index (κ2) is 12.7. The molecule has 7 aromatic rings. The summed E-state index contributed by atoms with van der Waals surface area (Å²) in [5.41, 5.74) is 3.95. The van der Waals surface area contributed by atoms with Gasteiger partial charge >= 0.3 is 26.2 Å². The van der Waals surface area contributed by atoms with Gasteiger partial charge in [-0.3, -0.25) is 0 Å². The molecule has 0 N–H and O–H groups in total. The molecule has 0 atom stereocenters. The van der Waals surface area contributed by atoms with Crippen LogP contribution in [0.1, 0.15) is 5.56 Å². The molecular weight excluding hydrogens is 567 g/mol. The summed E-state index contributed by atoms with van der Waals surface area (Å²) in [4.78, 5) is 0. The van der Waals surface area contributed by atoms with Crippen molar-refractivity contribution in [1.29, 1.82) is 0 Å². The molecule has 0 fully saturated rings. The van der Waals surface area contributed by atoms with Crippen LogP contribution in [0.3, 0.4) is 0 Å². The minimum atomic E-state index is -0.493. The van der Waals surface area contributed by atoms with Gasteiger partial charge < -0.3 is 0 Å². The molecule has 0 bridgehead atoms. The van der Waals surface area contributed by atoms with E-state index in [2.05, 4.69) is 165 Å². The fraction of sp³-hybridized carbons (Fsp3) is 0.0270.